The van der Waals surface area contributed by atoms with Gasteiger partial charge in [-0.1, -0.05) is 23.7 Å². The van der Waals surface area contributed by atoms with Crippen LogP contribution < -0.4 is 15.5 Å². The van der Waals surface area contributed by atoms with E-state index in [1.807, 2.05) is 12.1 Å². The molecular weight excluding hydrogens is 390 g/mol. The Morgan fingerprint density at radius 1 is 0.931 bits per heavy atom. The summed E-state index contributed by atoms with van der Waals surface area (Å²) in [6, 6.07) is 20.4. The molecule has 3 aromatic rings. The molecule has 2 amide bonds. The van der Waals surface area contributed by atoms with Crippen molar-refractivity contribution in [1.29, 1.82) is 0 Å². The van der Waals surface area contributed by atoms with Gasteiger partial charge in [0.2, 0.25) is 0 Å². The highest BCUT2D eigenvalue weighted by molar-refractivity contribution is 6.31. The molecule has 0 aliphatic rings. The Hall–Kier alpha value is -3.64. The first-order valence-corrected chi connectivity index (χ1v) is 9.07. The van der Waals surface area contributed by atoms with Crippen LogP contribution in [0.15, 0.2) is 77.9 Å². The van der Waals surface area contributed by atoms with Gasteiger partial charge in [0.25, 0.3) is 11.8 Å². The van der Waals surface area contributed by atoms with Gasteiger partial charge in [-0.3, -0.25) is 9.59 Å². The summed E-state index contributed by atoms with van der Waals surface area (Å²) in [5.74, 6) is 0.0269. The monoisotopic (exact) mass is 407 g/mol. The molecule has 0 fully saturated rings. The molecule has 0 radical (unpaired) electrons. The molecule has 3 rings (SSSR count). The van der Waals surface area contributed by atoms with Crippen LogP contribution in [-0.2, 0) is 0 Å². The molecule has 0 spiro atoms. The number of halogens is 1. The van der Waals surface area contributed by atoms with E-state index in [1.165, 1.54) is 6.21 Å². The topological polar surface area (TPSA) is 79.8 Å². The van der Waals surface area contributed by atoms with Gasteiger partial charge in [-0.15, -0.1) is 0 Å². The SMILES string of the molecule is COc1ccc(/C=N/NC(=O)c2cccc(NC(=O)c3cccc(Cl)c3)c2)cc1. The van der Waals surface area contributed by atoms with Gasteiger partial charge in [0, 0.05) is 21.8 Å². The summed E-state index contributed by atoms with van der Waals surface area (Å²) in [6.45, 7) is 0. The van der Waals surface area contributed by atoms with E-state index in [2.05, 4.69) is 15.8 Å². The number of hydrogen-bond donors (Lipinski definition) is 2. The van der Waals surface area contributed by atoms with E-state index in [9.17, 15) is 9.59 Å². The Bertz CT molecular complexity index is 1050. The number of hydrogen-bond acceptors (Lipinski definition) is 4. The largest absolute Gasteiger partial charge is 0.497 e. The quantitative estimate of drug-likeness (QED) is 0.470. The summed E-state index contributed by atoms with van der Waals surface area (Å²) >= 11 is 5.91. The molecule has 0 unspecified atom stereocenters. The van der Waals surface area contributed by atoms with Gasteiger partial charge in [-0.25, -0.2) is 5.43 Å². The fourth-order valence-corrected chi connectivity index (χ4v) is 2.68. The Balaban J connectivity index is 1.62. The normalized spacial score (nSPS) is 10.6. The number of hydrazone groups is 1. The summed E-state index contributed by atoms with van der Waals surface area (Å²) < 4.78 is 5.09. The molecular formula is C22H18ClN3O3. The second-order valence-corrected chi connectivity index (χ2v) is 6.45. The lowest BCUT2D eigenvalue weighted by atomic mass is 10.1. The van der Waals surface area contributed by atoms with Crippen molar-refractivity contribution in [2.24, 2.45) is 5.10 Å². The van der Waals surface area contributed by atoms with Crippen molar-refractivity contribution in [1.82, 2.24) is 5.43 Å². The van der Waals surface area contributed by atoms with Gasteiger partial charge in [0.1, 0.15) is 5.75 Å². The maximum absolute atomic E-state index is 12.3. The van der Waals surface area contributed by atoms with Crippen LogP contribution in [0.1, 0.15) is 26.3 Å². The number of nitrogens with one attached hydrogen (secondary N) is 2. The highest BCUT2D eigenvalue weighted by Gasteiger charge is 2.09. The molecule has 7 heteroatoms. The van der Waals surface area contributed by atoms with E-state index in [4.69, 9.17) is 16.3 Å². The van der Waals surface area contributed by atoms with Gasteiger partial charge < -0.3 is 10.1 Å². The molecule has 2 N–H and O–H groups in total. The van der Waals surface area contributed by atoms with E-state index in [0.29, 0.717) is 21.8 Å². The van der Waals surface area contributed by atoms with Gasteiger partial charge >= 0.3 is 0 Å². The second-order valence-electron chi connectivity index (χ2n) is 6.02. The maximum Gasteiger partial charge on any atom is 0.271 e. The number of benzene rings is 3. The molecule has 3 aromatic carbocycles. The van der Waals surface area contributed by atoms with Crippen molar-refractivity contribution in [3.05, 3.63) is 94.5 Å². The Labute approximate surface area is 173 Å². The number of amides is 2. The first-order chi connectivity index (χ1) is 14.0. The summed E-state index contributed by atoms with van der Waals surface area (Å²) in [6.07, 6.45) is 1.53. The van der Waals surface area contributed by atoms with E-state index >= 15 is 0 Å². The Kier molecular flexibility index (Phi) is 6.60. The average molecular weight is 408 g/mol. The number of nitrogens with zero attached hydrogens (tertiary/aromatic N) is 1. The molecule has 0 heterocycles. The summed E-state index contributed by atoms with van der Waals surface area (Å²) in [5.41, 5.74) is 4.56. The third-order valence-electron chi connectivity index (χ3n) is 3.96. The molecule has 0 bridgehead atoms. The minimum Gasteiger partial charge on any atom is -0.497 e. The number of ether oxygens (including phenoxy) is 1. The Morgan fingerprint density at radius 3 is 2.31 bits per heavy atom. The summed E-state index contributed by atoms with van der Waals surface area (Å²) in [7, 11) is 1.59. The fraction of sp³-hybridized carbons (Fsp3) is 0.0455. The first kappa shape index (κ1) is 20.1. The molecule has 0 atom stereocenters. The third kappa shape index (κ3) is 5.67. The predicted molar refractivity (Wildman–Crippen MR) is 114 cm³/mol. The Morgan fingerprint density at radius 2 is 1.62 bits per heavy atom. The molecule has 6 nitrogen and oxygen atoms in total. The van der Waals surface area contributed by atoms with Gasteiger partial charge in [0.05, 0.1) is 13.3 Å². The van der Waals surface area contributed by atoms with Crippen LogP contribution in [0.5, 0.6) is 5.75 Å². The van der Waals surface area contributed by atoms with Crippen LogP contribution in [-0.4, -0.2) is 25.1 Å². The molecule has 0 aliphatic heterocycles. The van der Waals surface area contributed by atoms with Crippen LogP contribution >= 0.6 is 11.6 Å². The van der Waals surface area contributed by atoms with Gasteiger partial charge in [-0.05, 0) is 66.2 Å². The lowest BCUT2D eigenvalue weighted by molar-refractivity contribution is 0.0953. The highest BCUT2D eigenvalue weighted by Crippen LogP contribution is 2.15. The number of carbonyl (C=O) groups is 2. The molecule has 0 aliphatic carbocycles. The summed E-state index contributed by atoms with van der Waals surface area (Å²) in [4.78, 5) is 24.6. The minimum absolute atomic E-state index is 0.317. The van der Waals surface area contributed by atoms with Crippen molar-refractivity contribution in [3.8, 4) is 5.75 Å². The lowest BCUT2D eigenvalue weighted by Gasteiger charge is -2.07. The molecule has 29 heavy (non-hydrogen) atoms. The smallest absolute Gasteiger partial charge is 0.271 e. The zero-order valence-electron chi connectivity index (χ0n) is 15.6. The zero-order valence-corrected chi connectivity index (χ0v) is 16.3. The zero-order chi connectivity index (χ0) is 20.6. The van der Waals surface area contributed by atoms with Crippen LogP contribution in [0.3, 0.4) is 0 Å². The van der Waals surface area contributed by atoms with Crippen molar-refractivity contribution in [3.63, 3.8) is 0 Å². The third-order valence-corrected chi connectivity index (χ3v) is 4.20. The average Bonchev–Trinajstić information content (AvgIpc) is 2.74. The number of anilines is 1. The second kappa shape index (κ2) is 9.52. The van der Waals surface area contributed by atoms with Crippen molar-refractivity contribution >= 4 is 35.3 Å². The van der Waals surface area contributed by atoms with Crippen molar-refractivity contribution in [2.75, 3.05) is 12.4 Å². The number of methoxy groups -OCH3 is 1. The van der Waals surface area contributed by atoms with Crippen molar-refractivity contribution in [2.45, 2.75) is 0 Å². The molecule has 0 aromatic heterocycles. The highest BCUT2D eigenvalue weighted by atomic mass is 35.5. The van der Waals surface area contributed by atoms with Crippen molar-refractivity contribution < 1.29 is 14.3 Å². The van der Waals surface area contributed by atoms with E-state index in [-0.39, 0.29) is 5.91 Å². The first-order valence-electron chi connectivity index (χ1n) is 8.69. The van der Waals surface area contributed by atoms with Crippen LogP contribution in [0.2, 0.25) is 5.02 Å². The molecule has 0 saturated carbocycles. The van der Waals surface area contributed by atoms with Crippen LogP contribution in [0, 0.1) is 0 Å². The lowest BCUT2D eigenvalue weighted by Crippen LogP contribution is -2.18. The fourth-order valence-electron chi connectivity index (χ4n) is 2.49. The molecule has 146 valence electrons. The predicted octanol–water partition coefficient (Wildman–Crippen LogP) is 4.36. The number of rotatable bonds is 6. The van der Waals surface area contributed by atoms with E-state index in [0.717, 1.165) is 11.3 Å². The maximum atomic E-state index is 12.3. The van der Waals surface area contributed by atoms with Gasteiger partial charge in [-0.2, -0.15) is 5.10 Å². The van der Waals surface area contributed by atoms with Crippen LogP contribution in [0.4, 0.5) is 5.69 Å². The standard InChI is InChI=1S/C22H18ClN3O3/c1-29-20-10-8-15(9-11-20)14-24-26-22(28)17-5-3-7-19(13-17)25-21(27)16-4-2-6-18(23)12-16/h2-14H,1H3,(H,25,27)(H,26,28)/b24-14+. The molecule has 0 saturated heterocycles. The number of carbonyl (C=O) groups excluding carboxylic acids is 2. The van der Waals surface area contributed by atoms with Crippen LogP contribution in [0.25, 0.3) is 0 Å². The van der Waals surface area contributed by atoms with E-state index < -0.39 is 5.91 Å². The van der Waals surface area contributed by atoms with E-state index in [1.54, 1.807) is 67.8 Å². The van der Waals surface area contributed by atoms with Gasteiger partial charge in [0.15, 0.2) is 0 Å². The minimum atomic E-state index is -0.395. The summed E-state index contributed by atoms with van der Waals surface area (Å²) in [5, 5.41) is 7.17.